The van der Waals surface area contributed by atoms with Crippen LogP contribution in [0.4, 0.5) is 5.69 Å². The van der Waals surface area contributed by atoms with Crippen LogP contribution in [0.5, 0.6) is 0 Å². The van der Waals surface area contributed by atoms with Gasteiger partial charge in [0.1, 0.15) is 11.1 Å². The van der Waals surface area contributed by atoms with Gasteiger partial charge in [-0.2, -0.15) is 11.8 Å². The Morgan fingerprint density at radius 3 is 2.67 bits per heavy atom. The van der Waals surface area contributed by atoms with Crippen molar-refractivity contribution in [3.8, 4) is 0 Å². The molecule has 1 atom stereocenters. The number of nitrogens with zero attached hydrogens (tertiary/aromatic N) is 1. The third kappa shape index (κ3) is 6.39. The summed E-state index contributed by atoms with van der Waals surface area (Å²) in [5.41, 5.74) is -0.234. The minimum Gasteiger partial charge on any atom is -0.352 e. The summed E-state index contributed by atoms with van der Waals surface area (Å²) in [6, 6.07) is 3.32. The molecule has 1 aliphatic carbocycles. The van der Waals surface area contributed by atoms with Gasteiger partial charge in [0.15, 0.2) is 0 Å². The Kier molecular flexibility index (Phi) is 8.37. The summed E-state index contributed by atoms with van der Waals surface area (Å²) in [4.78, 5) is 35.6. The second-order valence-electron chi connectivity index (χ2n) is 6.57. The van der Waals surface area contributed by atoms with E-state index in [-0.39, 0.29) is 28.2 Å². The van der Waals surface area contributed by atoms with E-state index in [4.69, 9.17) is 11.6 Å². The molecule has 1 aliphatic rings. The maximum Gasteiger partial charge on any atom is 0.288 e. The Hall–Kier alpha value is -1.80. The maximum atomic E-state index is 12.6. The van der Waals surface area contributed by atoms with Crippen molar-refractivity contribution in [3.05, 3.63) is 38.9 Å². The lowest BCUT2D eigenvalue weighted by Crippen LogP contribution is -2.50. The number of nitro benzene ring substituents is 1. The van der Waals surface area contributed by atoms with Crippen molar-refractivity contribution in [2.75, 3.05) is 12.0 Å². The highest BCUT2D eigenvalue weighted by Crippen LogP contribution is 2.25. The minimum absolute atomic E-state index is 0.0366. The largest absolute Gasteiger partial charge is 0.352 e. The van der Waals surface area contributed by atoms with Crippen LogP contribution in [0.3, 0.4) is 0 Å². The van der Waals surface area contributed by atoms with Crippen LogP contribution in [0.15, 0.2) is 18.2 Å². The van der Waals surface area contributed by atoms with Gasteiger partial charge in [-0.05, 0) is 43.4 Å². The van der Waals surface area contributed by atoms with Gasteiger partial charge in [0.25, 0.3) is 11.6 Å². The van der Waals surface area contributed by atoms with Crippen molar-refractivity contribution >= 4 is 40.9 Å². The first-order valence-corrected chi connectivity index (χ1v) is 10.7. The van der Waals surface area contributed by atoms with E-state index in [0.717, 1.165) is 31.7 Å². The molecule has 0 saturated heterocycles. The zero-order valence-corrected chi connectivity index (χ0v) is 16.8. The number of benzene rings is 1. The van der Waals surface area contributed by atoms with Gasteiger partial charge in [0.05, 0.1) is 4.92 Å². The molecular formula is C18H24ClN3O4S. The Balaban J connectivity index is 2.07. The van der Waals surface area contributed by atoms with Crippen LogP contribution in [0, 0.1) is 10.1 Å². The average Bonchev–Trinajstić information content (AvgIpc) is 2.65. The number of carbonyl (C=O) groups excluding carboxylic acids is 2. The van der Waals surface area contributed by atoms with Crippen molar-refractivity contribution in [1.29, 1.82) is 0 Å². The van der Waals surface area contributed by atoms with E-state index >= 15 is 0 Å². The van der Waals surface area contributed by atoms with E-state index in [1.54, 1.807) is 11.8 Å². The van der Waals surface area contributed by atoms with Crippen LogP contribution in [-0.2, 0) is 4.79 Å². The molecule has 148 valence electrons. The normalized spacial score (nSPS) is 15.8. The number of thioether (sulfide) groups is 1. The number of hydrogen-bond donors (Lipinski definition) is 2. The Labute approximate surface area is 167 Å². The van der Waals surface area contributed by atoms with Gasteiger partial charge in [-0.1, -0.05) is 30.9 Å². The lowest BCUT2D eigenvalue weighted by atomic mass is 9.95. The fourth-order valence-electron chi connectivity index (χ4n) is 3.09. The number of halogens is 1. The Bertz CT molecular complexity index is 695. The van der Waals surface area contributed by atoms with Gasteiger partial charge in [-0.3, -0.25) is 19.7 Å². The minimum atomic E-state index is -0.679. The summed E-state index contributed by atoms with van der Waals surface area (Å²) in [6.07, 6.45) is 7.72. The molecule has 2 rings (SSSR count). The standard InChI is InChI=1S/C18H24ClN3O4S/c1-27-10-9-15(18(24)20-13-5-3-2-4-6-13)21-17(23)12-7-8-14(19)16(11-12)22(25)26/h7-8,11,13,15H,2-6,9-10H2,1H3,(H,20,24)(H,21,23)/t15-/m1/s1. The third-order valence-electron chi connectivity index (χ3n) is 4.59. The van der Waals surface area contributed by atoms with Gasteiger partial charge >= 0.3 is 0 Å². The molecule has 1 fully saturated rings. The van der Waals surface area contributed by atoms with Gasteiger partial charge in [-0.15, -0.1) is 0 Å². The highest BCUT2D eigenvalue weighted by Gasteiger charge is 2.25. The molecule has 27 heavy (non-hydrogen) atoms. The predicted molar refractivity (Wildman–Crippen MR) is 107 cm³/mol. The van der Waals surface area contributed by atoms with Gasteiger partial charge in [0.2, 0.25) is 5.91 Å². The summed E-state index contributed by atoms with van der Waals surface area (Å²) in [7, 11) is 0. The molecule has 0 aromatic heterocycles. The number of nitro groups is 1. The third-order valence-corrected chi connectivity index (χ3v) is 5.55. The summed E-state index contributed by atoms with van der Waals surface area (Å²) in [6.45, 7) is 0. The summed E-state index contributed by atoms with van der Waals surface area (Å²) in [5.74, 6) is -0.0171. The van der Waals surface area contributed by atoms with Crippen molar-refractivity contribution in [3.63, 3.8) is 0 Å². The fraction of sp³-hybridized carbons (Fsp3) is 0.556. The maximum absolute atomic E-state index is 12.6. The van der Waals surface area contributed by atoms with E-state index in [1.165, 1.54) is 18.6 Å². The number of amides is 2. The van der Waals surface area contributed by atoms with Gasteiger partial charge in [0, 0.05) is 17.7 Å². The number of rotatable bonds is 8. The number of carbonyl (C=O) groups is 2. The highest BCUT2D eigenvalue weighted by molar-refractivity contribution is 7.98. The van der Waals surface area contributed by atoms with E-state index in [1.807, 2.05) is 6.26 Å². The van der Waals surface area contributed by atoms with Crippen LogP contribution in [0.25, 0.3) is 0 Å². The Morgan fingerprint density at radius 2 is 2.04 bits per heavy atom. The first kappa shape index (κ1) is 21.5. The topological polar surface area (TPSA) is 101 Å². The Morgan fingerprint density at radius 1 is 1.33 bits per heavy atom. The molecule has 0 spiro atoms. The van der Waals surface area contributed by atoms with Crippen LogP contribution in [-0.4, -0.2) is 40.8 Å². The van der Waals surface area contributed by atoms with E-state index in [2.05, 4.69) is 10.6 Å². The molecule has 0 bridgehead atoms. The molecule has 0 radical (unpaired) electrons. The van der Waals surface area contributed by atoms with Crippen LogP contribution < -0.4 is 10.6 Å². The zero-order valence-electron chi connectivity index (χ0n) is 15.2. The van der Waals surface area contributed by atoms with Crippen molar-refractivity contribution in [1.82, 2.24) is 10.6 Å². The average molecular weight is 414 g/mol. The molecule has 0 aliphatic heterocycles. The predicted octanol–water partition coefficient (Wildman–Crippen LogP) is 3.55. The monoisotopic (exact) mass is 413 g/mol. The van der Waals surface area contributed by atoms with Crippen LogP contribution >= 0.6 is 23.4 Å². The first-order valence-electron chi connectivity index (χ1n) is 8.96. The van der Waals surface area contributed by atoms with E-state index < -0.39 is 16.9 Å². The number of nitrogens with one attached hydrogen (secondary N) is 2. The van der Waals surface area contributed by atoms with Crippen molar-refractivity contribution in [2.45, 2.75) is 50.6 Å². The molecule has 7 nitrogen and oxygen atoms in total. The van der Waals surface area contributed by atoms with E-state index in [9.17, 15) is 19.7 Å². The molecule has 1 aromatic carbocycles. The summed E-state index contributed by atoms with van der Waals surface area (Å²) in [5, 5.41) is 16.7. The first-order chi connectivity index (χ1) is 12.9. The molecule has 0 heterocycles. The van der Waals surface area contributed by atoms with E-state index in [0.29, 0.717) is 12.2 Å². The smallest absolute Gasteiger partial charge is 0.288 e. The SMILES string of the molecule is CSCC[C@@H](NC(=O)c1ccc(Cl)c([N+](=O)[O-])c1)C(=O)NC1CCCCC1. The van der Waals surface area contributed by atoms with Gasteiger partial charge < -0.3 is 10.6 Å². The van der Waals surface area contributed by atoms with Gasteiger partial charge in [-0.25, -0.2) is 0 Å². The molecule has 0 unspecified atom stereocenters. The molecule has 1 aromatic rings. The molecule has 2 N–H and O–H groups in total. The highest BCUT2D eigenvalue weighted by atomic mass is 35.5. The lowest BCUT2D eigenvalue weighted by molar-refractivity contribution is -0.384. The number of hydrogen-bond acceptors (Lipinski definition) is 5. The van der Waals surface area contributed by atoms with Crippen molar-refractivity contribution in [2.24, 2.45) is 0 Å². The molecular weight excluding hydrogens is 390 g/mol. The second kappa shape index (κ2) is 10.5. The molecule has 9 heteroatoms. The van der Waals surface area contributed by atoms with Crippen LogP contribution in [0.1, 0.15) is 48.9 Å². The summed E-state index contributed by atoms with van der Waals surface area (Å²) < 4.78 is 0. The van der Waals surface area contributed by atoms with Crippen LogP contribution in [0.2, 0.25) is 5.02 Å². The molecule has 1 saturated carbocycles. The molecule has 2 amide bonds. The second-order valence-corrected chi connectivity index (χ2v) is 7.97. The van der Waals surface area contributed by atoms with Crippen molar-refractivity contribution < 1.29 is 14.5 Å². The lowest BCUT2D eigenvalue weighted by Gasteiger charge is -2.26. The fourth-order valence-corrected chi connectivity index (χ4v) is 3.75. The quantitative estimate of drug-likeness (QED) is 0.501. The summed E-state index contributed by atoms with van der Waals surface area (Å²) >= 11 is 7.38. The zero-order chi connectivity index (χ0) is 19.8.